The summed E-state index contributed by atoms with van der Waals surface area (Å²) in [4.78, 5) is 4.66. The second-order valence-corrected chi connectivity index (χ2v) is 6.14. The number of aryl methyl sites for hydroxylation is 3. The lowest BCUT2D eigenvalue weighted by Crippen LogP contribution is -1.99. The van der Waals surface area contributed by atoms with Gasteiger partial charge in [-0.15, -0.1) is 0 Å². The van der Waals surface area contributed by atoms with Crippen molar-refractivity contribution >= 4 is 11.0 Å². The third kappa shape index (κ3) is 3.44. The Hall–Kier alpha value is -2.16. The van der Waals surface area contributed by atoms with Gasteiger partial charge >= 0.3 is 0 Å². The highest BCUT2D eigenvalue weighted by atomic mass is 15.3. The Labute approximate surface area is 139 Å². The van der Waals surface area contributed by atoms with Crippen LogP contribution in [0, 0.1) is 20.8 Å². The minimum Gasteiger partial charge on any atom is -0.236 e. The molecule has 0 aliphatic heterocycles. The number of rotatable bonds is 2. The summed E-state index contributed by atoms with van der Waals surface area (Å²) >= 11 is 0. The fraction of sp³-hybridized carbons (Fsp3) is 0.400. The maximum absolute atomic E-state index is 4.70. The van der Waals surface area contributed by atoms with Crippen LogP contribution in [-0.4, -0.2) is 14.8 Å². The van der Waals surface area contributed by atoms with Crippen molar-refractivity contribution in [1.29, 1.82) is 0 Å². The monoisotopic (exact) mass is 309 g/mol. The fourth-order valence-corrected chi connectivity index (χ4v) is 2.73. The highest BCUT2D eigenvalue weighted by Crippen LogP contribution is 2.24. The maximum Gasteiger partial charge on any atom is 0.163 e. The van der Waals surface area contributed by atoms with E-state index in [-0.39, 0.29) is 0 Å². The van der Waals surface area contributed by atoms with Gasteiger partial charge in [0, 0.05) is 11.6 Å². The highest BCUT2D eigenvalue weighted by Gasteiger charge is 2.12. The Bertz CT molecular complexity index is 793. The first-order valence-electron chi connectivity index (χ1n) is 8.39. The molecule has 0 fully saturated rings. The van der Waals surface area contributed by atoms with Crippen molar-refractivity contribution in [3.63, 3.8) is 0 Å². The van der Waals surface area contributed by atoms with Gasteiger partial charge in [0.25, 0.3) is 0 Å². The van der Waals surface area contributed by atoms with E-state index < -0.39 is 0 Å². The molecule has 0 saturated heterocycles. The molecule has 122 valence electrons. The van der Waals surface area contributed by atoms with Gasteiger partial charge in [-0.25, -0.2) is 9.67 Å². The number of pyridine rings is 1. The van der Waals surface area contributed by atoms with E-state index >= 15 is 0 Å². The van der Waals surface area contributed by atoms with Crippen molar-refractivity contribution in [2.24, 2.45) is 0 Å². The molecular weight excluding hydrogens is 282 g/mol. The smallest absolute Gasteiger partial charge is 0.163 e. The van der Waals surface area contributed by atoms with Crippen molar-refractivity contribution in [1.82, 2.24) is 14.8 Å². The summed E-state index contributed by atoms with van der Waals surface area (Å²) in [7, 11) is 0. The zero-order valence-corrected chi connectivity index (χ0v) is 15.3. The zero-order valence-electron chi connectivity index (χ0n) is 15.3. The molecule has 0 radical (unpaired) electrons. The lowest BCUT2D eigenvalue weighted by atomic mass is 10.0. The minimum absolute atomic E-state index is 0.478. The molecule has 0 amide bonds. The Morgan fingerprint density at radius 1 is 0.913 bits per heavy atom. The van der Waals surface area contributed by atoms with Crippen molar-refractivity contribution in [3.8, 4) is 5.69 Å². The summed E-state index contributed by atoms with van der Waals surface area (Å²) in [5, 5.41) is 5.84. The summed E-state index contributed by atoms with van der Waals surface area (Å²) in [5.41, 5.74) is 6.78. The number of nitrogens with zero attached hydrogens (tertiary/aromatic N) is 3. The van der Waals surface area contributed by atoms with Gasteiger partial charge in [0.1, 0.15) is 0 Å². The third-order valence-corrected chi connectivity index (χ3v) is 3.85. The highest BCUT2D eigenvalue weighted by molar-refractivity contribution is 5.80. The lowest BCUT2D eigenvalue weighted by Gasteiger charge is -2.07. The topological polar surface area (TPSA) is 30.7 Å². The Morgan fingerprint density at radius 3 is 2.09 bits per heavy atom. The van der Waals surface area contributed by atoms with Gasteiger partial charge < -0.3 is 0 Å². The van der Waals surface area contributed by atoms with Crippen LogP contribution in [0.2, 0.25) is 0 Å². The van der Waals surface area contributed by atoms with Crippen LogP contribution in [0.5, 0.6) is 0 Å². The molecule has 23 heavy (non-hydrogen) atoms. The van der Waals surface area contributed by atoms with Crippen LogP contribution in [0.15, 0.2) is 30.5 Å². The van der Waals surface area contributed by atoms with Gasteiger partial charge in [-0.2, -0.15) is 5.10 Å². The quantitative estimate of drug-likeness (QED) is 0.626. The molecule has 3 heteroatoms. The average molecular weight is 309 g/mol. The standard InChI is InChI=1S/C18H21N3.C2H6/c1-11(2)15-9-17-14(5)20-21(18(17)19-10-15)16-7-12(3)6-13(4)8-16;1-2/h6-11H,1-5H3;1-2H3. The SMILES string of the molecule is CC.Cc1cc(C)cc(-n2nc(C)c3cc(C(C)C)cnc32)c1. The maximum atomic E-state index is 4.70. The molecule has 0 N–H and O–H groups in total. The summed E-state index contributed by atoms with van der Waals surface area (Å²) in [6.45, 7) is 14.6. The van der Waals surface area contributed by atoms with Crippen molar-refractivity contribution < 1.29 is 0 Å². The second-order valence-electron chi connectivity index (χ2n) is 6.14. The molecule has 1 aromatic carbocycles. The van der Waals surface area contributed by atoms with Crippen LogP contribution in [0.4, 0.5) is 0 Å². The van der Waals surface area contributed by atoms with Gasteiger partial charge in [-0.05, 0) is 61.6 Å². The van der Waals surface area contributed by atoms with Gasteiger partial charge in [0.05, 0.1) is 11.4 Å². The summed E-state index contributed by atoms with van der Waals surface area (Å²) in [5.74, 6) is 0.478. The fourth-order valence-electron chi connectivity index (χ4n) is 2.73. The number of hydrogen-bond acceptors (Lipinski definition) is 2. The molecule has 0 aliphatic carbocycles. The summed E-state index contributed by atoms with van der Waals surface area (Å²) in [6.07, 6.45) is 1.97. The molecule has 2 aromatic heterocycles. The van der Waals surface area contributed by atoms with Crippen LogP contribution in [0.3, 0.4) is 0 Å². The van der Waals surface area contributed by atoms with E-state index in [1.165, 1.54) is 16.7 Å². The first-order chi connectivity index (χ1) is 11.0. The Morgan fingerprint density at radius 2 is 1.52 bits per heavy atom. The zero-order chi connectivity index (χ0) is 17.1. The van der Waals surface area contributed by atoms with Crippen LogP contribution < -0.4 is 0 Å². The molecule has 0 saturated carbocycles. The molecular formula is C20H27N3. The molecule has 0 atom stereocenters. The largest absolute Gasteiger partial charge is 0.236 e. The van der Waals surface area contributed by atoms with E-state index in [0.717, 1.165) is 22.4 Å². The van der Waals surface area contributed by atoms with E-state index in [1.54, 1.807) is 0 Å². The van der Waals surface area contributed by atoms with E-state index in [2.05, 4.69) is 56.9 Å². The molecule has 2 heterocycles. The molecule has 0 unspecified atom stereocenters. The van der Waals surface area contributed by atoms with E-state index in [1.807, 2.05) is 31.6 Å². The molecule has 0 aliphatic rings. The molecule has 0 spiro atoms. The Kier molecular flexibility index (Phi) is 5.19. The predicted molar refractivity (Wildman–Crippen MR) is 98.5 cm³/mol. The summed E-state index contributed by atoms with van der Waals surface area (Å²) < 4.78 is 1.95. The molecule has 3 nitrogen and oxygen atoms in total. The minimum atomic E-state index is 0.478. The Balaban J connectivity index is 0.000000924. The van der Waals surface area contributed by atoms with Crippen LogP contribution in [0.25, 0.3) is 16.7 Å². The molecule has 0 bridgehead atoms. The predicted octanol–water partition coefficient (Wildman–Crippen LogP) is 5.50. The first-order valence-corrected chi connectivity index (χ1v) is 8.39. The number of hydrogen-bond donors (Lipinski definition) is 0. The van der Waals surface area contributed by atoms with Crippen molar-refractivity contribution in [3.05, 3.63) is 52.8 Å². The van der Waals surface area contributed by atoms with Gasteiger partial charge in [-0.1, -0.05) is 33.8 Å². The van der Waals surface area contributed by atoms with Gasteiger partial charge in [0.15, 0.2) is 5.65 Å². The second kappa shape index (κ2) is 6.95. The van der Waals surface area contributed by atoms with E-state index in [0.29, 0.717) is 5.92 Å². The normalized spacial score (nSPS) is 10.8. The van der Waals surface area contributed by atoms with Crippen LogP contribution in [0.1, 0.15) is 56.0 Å². The van der Waals surface area contributed by atoms with Gasteiger partial charge in [0.2, 0.25) is 0 Å². The van der Waals surface area contributed by atoms with E-state index in [9.17, 15) is 0 Å². The number of benzene rings is 1. The molecule has 3 rings (SSSR count). The van der Waals surface area contributed by atoms with Crippen LogP contribution >= 0.6 is 0 Å². The number of fused-ring (bicyclic) bond motifs is 1. The van der Waals surface area contributed by atoms with Gasteiger partial charge in [-0.3, -0.25) is 0 Å². The summed E-state index contributed by atoms with van der Waals surface area (Å²) in [6, 6.07) is 8.69. The van der Waals surface area contributed by atoms with Crippen molar-refractivity contribution in [2.75, 3.05) is 0 Å². The first kappa shape index (κ1) is 17.2. The van der Waals surface area contributed by atoms with E-state index in [4.69, 9.17) is 5.10 Å². The van der Waals surface area contributed by atoms with Crippen LogP contribution in [-0.2, 0) is 0 Å². The van der Waals surface area contributed by atoms with Crippen molar-refractivity contribution in [2.45, 2.75) is 54.4 Å². The molecule has 3 aromatic rings. The third-order valence-electron chi connectivity index (χ3n) is 3.85. The lowest BCUT2D eigenvalue weighted by molar-refractivity contribution is 0.855. The average Bonchev–Trinajstić information content (AvgIpc) is 2.85. The number of aromatic nitrogens is 3.